The Bertz CT molecular complexity index is 2050. The molecule has 15 heteroatoms. The molecule has 15 nitrogen and oxygen atoms in total. The number of carbonyl (C=O) groups is 3. The minimum atomic E-state index is -1.14. The molecule has 51 heavy (non-hydrogen) atoms. The molecule has 0 radical (unpaired) electrons. The fourth-order valence-corrected chi connectivity index (χ4v) is 7.10. The highest BCUT2D eigenvalue weighted by atomic mass is 16.3. The van der Waals surface area contributed by atoms with Crippen LogP contribution in [0.25, 0.3) is 17.1 Å². The fourth-order valence-electron chi connectivity index (χ4n) is 7.10. The number of carbonyl (C=O) groups excluding carboxylic acids is 3. The van der Waals surface area contributed by atoms with Crippen molar-refractivity contribution in [2.24, 2.45) is 0 Å². The highest BCUT2D eigenvalue weighted by Gasteiger charge is 2.40. The number of nitrogens with zero attached hydrogens (tertiary/aromatic N) is 5. The van der Waals surface area contributed by atoms with Crippen molar-refractivity contribution in [1.82, 2.24) is 34.8 Å². The Morgan fingerprint density at radius 3 is 2.43 bits per heavy atom. The second-order valence-electron chi connectivity index (χ2n) is 13.5. The maximum atomic E-state index is 13.3. The second kappa shape index (κ2) is 13.6. The molecule has 0 saturated carbocycles. The Labute approximate surface area is 293 Å². The molecular weight excluding hydrogens is 656 g/mol. The van der Waals surface area contributed by atoms with Gasteiger partial charge in [0.25, 0.3) is 5.91 Å². The molecule has 1 aromatic heterocycles. The molecule has 266 valence electrons. The molecule has 2 unspecified atom stereocenters. The average Bonchev–Trinajstić information content (AvgIpc) is 3.65. The summed E-state index contributed by atoms with van der Waals surface area (Å²) in [6.07, 6.45) is -0.556. The van der Waals surface area contributed by atoms with E-state index in [-0.39, 0.29) is 54.1 Å². The molecule has 3 aliphatic heterocycles. The topological polar surface area (TPSA) is 196 Å². The van der Waals surface area contributed by atoms with Crippen molar-refractivity contribution in [3.8, 4) is 28.6 Å². The molecule has 2 fully saturated rings. The molecule has 4 amide bonds. The summed E-state index contributed by atoms with van der Waals surface area (Å²) in [5, 5.41) is 43.4. The lowest BCUT2D eigenvalue weighted by atomic mass is 9.98. The maximum Gasteiger partial charge on any atom is 0.348 e. The zero-order valence-corrected chi connectivity index (χ0v) is 28.3. The molecule has 3 aromatic carbocycles. The summed E-state index contributed by atoms with van der Waals surface area (Å²) in [5.74, 6) is -0.495. The van der Waals surface area contributed by atoms with Gasteiger partial charge in [-0.3, -0.25) is 14.5 Å². The van der Waals surface area contributed by atoms with Gasteiger partial charge in [0.1, 0.15) is 17.7 Å². The number of aliphatic hydroxyl groups excluding tert-OH is 1. The lowest BCUT2D eigenvalue weighted by Crippen LogP contribution is -2.55. The second-order valence-corrected chi connectivity index (χ2v) is 13.5. The lowest BCUT2D eigenvalue weighted by molar-refractivity contribution is -0.129. The number of urea groups is 1. The summed E-state index contributed by atoms with van der Waals surface area (Å²) in [4.78, 5) is 56.6. The number of piperidine rings is 1. The predicted molar refractivity (Wildman–Crippen MR) is 186 cm³/mol. The first kappa shape index (κ1) is 33.8. The Morgan fingerprint density at radius 2 is 1.73 bits per heavy atom. The van der Waals surface area contributed by atoms with Gasteiger partial charge in [0.2, 0.25) is 5.91 Å². The number of piperazine rings is 1. The van der Waals surface area contributed by atoms with E-state index in [0.29, 0.717) is 72.8 Å². The minimum absolute atomic E-state index is 0.0157. The number of amides is 4. The number of aromatic amines is 1. The quantitative estimate of drug-likeness (QED) is 0.168. The normalized spacial score (nSPS) is 19.4. The summed E-state index contributed by atoms with van der Waals surface area (Å²) in [5.41, 5.74) is 3.77. The van der Waals surface area contributed by atoms with Crippen molar-refractivity contribution in [2.45, 2.75) is 58.0 Å². The summed E-state index contributed by atoms with van der Waals surface area (Å²) in [6.45, 7) is 6.99. The molecule has 0 aliphatic carbocycles. The first-order valence-electron chi connectivity index (χ1n) is 17.0. The predicted octanol–water partition coefficient (Wildman–Crippen LogP) is 2.66. The van der Waals surface area contributed by atoms with E-state index in [2.05, 4.69) is 25.7 Å². The van der Waals surface area contributed by atoms with E-state index < -0.39 is 18.0 Å². The first-order chi connectivity index (χ1) is 24.5. The standard InChI is InChI=1S/C36H40N8O7/c1-20(2)24-16-25(30(46)17-29(24)45)32-39-40-36(51)44(32)22-8-6-21(7-9-22)18-41-12-14-42(15-13-41)35(50)37-27-5-3-4-23-26(27)19-43(34(23)49)28-10-11-31(47)38-33(28)48/h3-9,16-17,20,28,33,45-46,48H,10-15,18-19H2,1-2H3,(H,37,50)(H,38,47)(H,40,51). The van der Waals surface area contributed by atoms with Crippen LogP contribution >= 0.6 is 0 Å². The van der Waals surface area contributed by atoms with Crippen molar-refractivity contribution in [3.63, 3.8) is 0 Å². The number of aromatic hydroxyl groups is 2. The van der Waals surface area contributed by atoms with Crippen LogP contribution in [0.4, 0.5) is 10.5 Å². The lowest BCUT2D eigenvalue weighted by Gasteiger charge is -2.35. The van der Waals surface area contributed by atoms with E-state index in [9.17, 15) is 34.5 Å². The summed E-state index contributed by atoms with van der Waals surface area (Å²) in [6, 6.07) is 14.8. The Hall–Kier alpha value is -5.67. The number of aliphatic hydroxyl groups is 1. The highest BCUT2D eigenvalue weighted by molar-refractivity contribution is 6.02. The number of fused-ring (bicyclic) bond motifs is 1. The Balaban J connectivity index is 0.967. The zero-order valence-electron chi connectivity index (χ0n) is 28.3. The molecule has 2 atom stereocenters. The van der Waals surface area contributed by atoms with Crippen LogP contribution in [0, 0.1) is 0 Å². The number of rotatable bonds is 7. The molecule has 4 heterocycles. The third-order valence-corrected chi connectivity index (χ3v) is 9.92. The number of benzene rings is 3. The van der Waals surface area contributed by atoms with Crippen LogP contribution in [0.2, 0.25) is 0 Å². The van der Waals surface area contributed by atoms with Gasteiger partial charge in [0.05, 0.1) is 17.3 Å². The van der Waals surface area contributed by atoms with Crippen LogP contribution in [0.3, 0.4) is 0 Å². The van der Waals surface area contributed by atoms with Gasteiger partial charge in [-0.25, -0.2) is 19.3 Å². The van der Waals surface area contributed by atoms with Gasteiger partial charge < -0.3 is 35.8 Å². The largest absolute Gasteiger partial charge is 0.508 e. The van der Waals surface area contributed by atoms with Crippen LogP contribution in [-0.2, 0) is 17.9 Å². The number of aromatic nitrogens is 3. The minimum Gasteiger partial charge on any atom is -0.508 e. The van der Waals surface area contributed by atoms with Gasteiger partial charge in [-0.2, -0.15) is 5.10 Å². The number of hydrogen-bond acceptors (Lipinski definition) is 9. The third-order valence-electron chi connectivity index (χ3n) is 9.92. The van der Waals surface area contributed by atoms with Gasteiger partial charge in [-0.15, -0.1) is 0 Å². The Kier molecular flexibility index (Phi) is 8.99. The van der Waals surface area contributed by atoms with Gasteiger partial charge in [0.15, 0.2) is 5.82 Å². The van der Waals surface area contributed by atoms with Crippen molar-refractivity contribution in [2.75, 3.05) is 31.5 Å². The maximum absolute atomic E-state index is 13.3. The first-order valence-corrected chi connectivity index (χ1v) is 17.0. The van der Waals surface area contributed by atoms with Crippen LogP contribution in [-0.4, -0.2) is 101 Å². The van der Waals surface area contributed by atoms with E-state index in [4.69, 9.17) is 0 Å². The molecule has 2 saturated heterocycles. The van der Waals surface area contributed by atoms with Gasteiger partial charge in [0, 0.05) is 68.6 Å². The molecule has 3 aliphatic rings. The third kappa shape index (κ3) is 6.53. The molecule has 6 N–H and O–H groups in total. The molecule has 4 aromatic rings. The van der Waals surface area contributed by atoms with Gasteiger partial charge in [-0.05, 0) is 53.8 Å². The number of H-pyrrole nitrogens is 1. The monoisotopic (exact) mass is 696 g/mol. The number of phenols is 2. The van der Waals surface area contributed by atoms with Crippen LogP contribution in [0.1, 0.15) is 59.7 Å². The van der Waals surface area contributed by atoms with Crippen molar-refractivity contribution >= 4 is 23.5 Å². The molecular formula is C36H40N8O7. The van der Waals surface area contributed by atoms with Crippen LogP contribution in [0.15, 0.2) is 59.4 Å². The van der Waals surface area contributed by atoms with Gasteiger partial charge >= 0.3 is 11.7 Å². The number of anilines is 1. The summed E-state index contributed by atoms with van der Waals surface area (Å²) >= 11 is 0. The smallest absolute Gasteiger partial charge is 0.348 e. The fraction of sp³-hybridized carbons (Fsp3) is 0.361. The van der Waals surface area contributed by atoms with Gasteiger partial charge in [-0.1, -0.05) is 32.0 Å². The van der Waals surface area contributed by atoms with E-state index in [1.54, 1.807) is 34.1 Å². The molecule has 7 rings (SSSR count). The zero-order chi connectivity index (χ0) is 36.0. The van der Waals surface area contributed by atoms with Crippen molar-refractivity contribution in [3.05, 3.63) is 87.3 Å². The summed E-state index contributed by atoms with van der Waals surface area (Å²) in [7, 11) is 0. The molecule has 0 spiro atoms. The summed E-state index contributed by atoms with van der Waals surface area (Å²) < 4.78 is 1.38. The van der Waals surface area contributed by atoms with Crippen molar-refractivity contribution < 1.29 is 29.7 Å². The van der Waals surface area contributed by atoms with E-state index >= 15 is 0 Å². The van der Waals surface area contributed by atoms with E-state index in [1.807, 2.05) is 38.1 Å². The van der Waals surface area contributed by atoms with Crippen molar-refractivity contribution in [1.29, 1.82) is 0 Å². The van der Waals surface area contributed by atoms with Crippen LogP contribution < -0.4 is 16.3 Å². The Morgan fingerprint density at radius 1 is 0.980 bits per heavy atom. The molecule has 0 bridgehead atoms. The SMILES string of the molecule is CC(C)c1cc(-c2n[nH]c(=O)n2-c2ccc(CN3CCN(C(=O)Nc4cccc5c4CN(C4CCC(=O)NC4O)C5=O)CC3)cc2)c(O)cc1O. The van der Waals surface area contributed by atoms with Crippen LogP contribution in [0.5, 0.6) is 11.5 Å². The van der Waals surface area contributed by atoms with E-state index in [0.717, 1.165) is 5.56 Å². The number of phenolic OH excluding ortho intramolecular Hbond substituents is 2. The number of hydrogen-bond donors (Lipinski definition) is 6. The average molecular weight is 697 g/mol. The highest BCUT2D eigenvalue weighted by Crippen LogP contribution is 2.37. The van der Waals surface area contributed by atoms with E-state index in [1.165, 1.54) is 10.6 Å². The number of nitrogens with one attached hydrogen (secondary N) is 3.